The number of thiazole rings is 1. The predicted molar refractivity (Wildman–Crippen MR) is 82.6 cm³/mol. The van der Waals surface area contributed by atoms with Crippen LogP contribution in [0, 0.1) is 12.3 Å². The molecule has 1 atom stereocenters. The van der Waals surface area contributed by atoms with Gasteiger partial charge in [0.2, 0.25) is 5.91 Å². The summed E-state index contributed by atoms with van der Waals surface area (Å²) in [4.78, 5) is 17.1. The number of carbonyl (C=O) groups excluding carboxylic acids is 1. The number of aromatic nitrogens is 1. The third-order valence-electron chi connectivity index (χ3n) is 4.29. The fraction of sp³-hybridized carbons (Fsp3) is 0.733. The Morgan fingerprint density at radius 3 is 2.60 bits per heavy atom. The lowest BCUT2D eigenvalue weighted by molar-refractivity contribution is -0.132. The molecule has 0 saturated heterocycles. The summed E-state index contributed by atoms with van der Waals surface area (Å²) in [6.45, 7) is 4.42. The van der Waals surface area contributed by atoms with Gasteiger partial charge in [-0.05, 0) is 26.7 Å². The van der Waals surface area contributed by atoms with Crippen LogP contribution in [0.1, 0.15) is 62.2 Å². The molecule has 0 bridgehead atoms. The third-order valence-corrected chi connectivity index (χ3v) is 5.43. The first kappa shape index (κ1) is 15.4. The summed E-state index contributed by atoms with van der Waals surface area (Å²) in [6.07, 6.45) is 6.48. The number of rotatable bonds is 4. The summed E-state index contributed by atoms with van der Waals surface area (Å²) in [5, 5.41) is 6.11. The van der Waals surface area contributed by atoms with Gasteiger partial charge >= 0.3 is 0 Å². The Bertz CT molecular complexity index is 450. The Hall–Kier alpha value is -0.940. The maximum atomic E-state index is 12.7. The average Bonchev–Trinajstić information content (AvgIpc) is 2.73. The predicted octanol–water partition coefficient (Wildman–Crippen LogP) is 2.93. The summed E-state index contributed by atoms with van der Waals surface area (Å²) in [5.74, 6) is 0.113. The summed E-state index contributed by atoms with van der Waals surface area (Å²) in [6, 6.07) is -0.0344. The lowest BCUT2D eigenvalue weighted by atomic mass is 9.79. The van der Waals surface area contributed by atoms with Crippen molar-refractivity contribution in [3.05, 3.63) is 16.1 Å². The number of hydrogen-bond donors (Lipinski definition) is 2. The summed E-state index contributed by atoms with van der Waals surface area (Å²) in [7, 11) is 0. The van der Waals surface area contributed by atoms with Gasteiger partial charge in [0.25, 0.3) is 0 Å². The first-order chi connectivity index (χ1) is 9.57. The maximum absolute atomic E-state index is 12.7. The number of amides is 1. The lowest BCUT2D eigenvalue weighted by Gasteiger charge is -2.31. The van der Waals surface area contributed by atoms with Crippen molar-refractivity contribution >= 4 is 17.2 Å². The number of hydrogen-bond acceptors (Lipinski definition) is 4. The fourth-order valence-electron chi connectivity index (χ4n) is 2.91. The molecule has 0 aliphatic heterocycles. The average molecular weight is 295 g/mol. The number of carbonyl (C=O) groups is 1. The highest BCUT2D eigenvalue weighted by atomic mass is 32.1. The Balaban J connectivity index is 2.05. The molecule has 1 aromatic heterocycles. The number of nitrogens with two attached hydrogens (primary N) is 1. The molecule has 1 amide bonds. The monoisotopic (exact) mass is 295 g/mol. The highest BCUT2D eigenvalue weighted by molar-refractivity contribution is 7.09. The first-order valence-electron chi connectivity index (χ1n) is 7.50. The van der Waals surface area contributed by atoms with Gasteiger partial charge in [-0.1, -0.05) is 25.7 Å². The van der Waals surface area contributed by atoms with Gasteiger partial charge in [-0.25, -0.2) is 4.98 Å². The molecule has 112 valence electrons. The summed E-state index contributed by atoms with van der Waals surface area (Å²) < 4.78 is 0. The first-order valence-corrected chi connectivity index (χ1v) is 8.38. The van der Waals surface area contributed by atoms with E-state index >= 15 is 0 Å². The Kier molecular flexibility index (Phi) is 5.16. The molecule has 2 rings (SSSR count). The van der Waals surface area contributed by atoms with Crippen molar-refractivity contribution in [2.24, 2.45) is 11.1 Å². The van der Waals surface area contributed by atoms with E-state index in [-0.39, 0.29) is 17.4 Å². The largest absolute Gasteiger partial charge is 0.347 e. The van der Waals surface area contributed by atoms with E-state index in [1.165, 1.54) is 12.8 Å². The molecule has 1 aliphatic carbocycles. The molecule has 1 heterocycles. The molecule has 1 aliphatic rings. The number of nitrogens with zero attached hydrogens (tertiary/aromatic N) is 1. The second-order valence-electron chi connectivity index (χ2n) is 5.92. The minimum Gasteiger partial charge on any atom is -0.347 e. The van der Waals surface area contributed by atoms with Crippen LogP contribution in [0.3, 0.4) is 0 Å². The van der Waals surface area contributed by atoms with Crippen molar-refractivity contribution in [1.82, 2.24) is 10.3 Å². The fourth-order valence-corrected chi connectivity index (χ4v) is 3.72. The molecular weight excluding hydrogens is 270 g/mol. The van der Waals surface area contributed by atoms with Crippen LogP contribution in [-0.4, -0.2) is 17.4 Å². The normalized spacial score (nSPS) is 20.1. The zero-order valence-electron chi connectivity index (χ0n) is 12.4. The molecule has 1 saturated carbocycles. The van der Waals surface area contributed by atoms with Gasteiger partial charge in [-0.2, -0.15) is 0 Å². The number of aryl methyl sites for hydroxylation is 1. The van der Waals surface area contributed by atoms with Gasteiger partial charge in [-0.3, -0.25) is 4.79 Å². The molecule has 0 radical (unpaired) electrons. The summed E-state index contributed by atoms with van der Waals surface area (Å²) in [5.41, 5.74) is 6.60. The van der Waals surface area contributed by atoms with E-state index in [1.54, 1.807) is 11.3 Å². The Labute approximate surface area is 125 Å². The molecule has 0 spiro atoms. The van der Waals surface area contributed by atoms with Gasteiger partial charge in [0.05, 0.1) is 11.5 Å². The van der Waals surface area contributed by atoms with Gasteiger partial charge in [0.1, 0.15) is 5.01 Å². The topological polar surface area (TPSA) is 68.0 Å². The molecule has 5 heteroatoms. The van der Waals surface area contributed by atoms with E-state index in [9.17, 15) is 4.79 Å². The van der Waals surface area contributed by atoms with Crippen molar-refractivity contribution in [1.29, 1.82) is 0 Å². The molecule has 20 heavy (non-hydrogen) atoms. The van der Waals surface area contributed by atoms with Crippen molar-refractivity contribution in [2.45, 2.75) is 58.4 Å². The van der Waals surface area contributed by atoms with Crippen LogP contribution >= 0.6 is 11.3 Å². The van der Waals surface area contributed by atoms with Gasteiger partial charge in [0, 0.05) is 17.6 Å². The number of nitrogens with one attached hydrogen (secondary N) is 1. The summed E-state index contributed by atoms with van der Waals surface area (Å²) >= 11 is 1.60. The lowest BCUT2D eigenvalue weighted by Crippen LogP contribution is -2.46. The van der Waals surface area contributed by atoms with Crippen molar-refractivity contribution in [3.63, 3.8) is 0 Å². The maximum Gasteiger partial charge on any atom is 0.228 e. The quantitative estimate of drug-likeness (QED) is 0.839. The van der Waals surface area contributed by atoms with Gasteiger partial charge in [-0.15, -0.1) is 11.3 Å². The van der Waals surface area contributed by atoms with Gasteiger partial charge < -0.3 is 11.1 Å². The van der Waals surface area contributed by atoms with Crippen LogP contribution < -0.4 is 11.1 Å². The van der Waals surface area contributed by atoms with Crippen LogP contribution in [0.5, 0.6) is 0 Å². The van der Waals surface area contributed by atoms with Crippen LogP contribution in [-0.2, 0) is 4.79 Å². The van der Waals surface area contributed by atoms with E-state index in [2.05, 4.69) is 10.3 Å². The Morgan fingerprint density at radius 2 is 2.10 bits per heavy atom. The SMILES string of the molecule is Cc1csc(C(C)NC(=O)C2(CN)CCCCCC2)n1. The minimum absolute atomic E-state index is 0.0344. The highest BCUT2D eigenvalue weighted by Crippen LogP contribution is 2.35. The van der Waals surface area contributed by atoms with E-state index < -0.39 is 0 Å². The highest BCUT2D eigenvalue weighted by Gasteiger charge is 2.37. The molecule has 1 unspecified atom stereocenters. The molecule has 1 fully saturated rings. The van der Waals surface area contributed by atoms with Crippen molar-refractivity contribution in [3.8, 4) is 0 Å². The zero-order valence-corrected chi connectivity index (χ0v) is 13.3. The van der Waals surface area contributed by atoms with E-state index in [0.717, 1.165) is 36.4 Å². The molecular formula is C15H25N3OS. The van der Waals surface area contributed by atoms with Gasteiger partial charge in [0.15, 0.2) is 0 Å². The van der Waals surface area contributed by atoms with Crippen LogP contribution in [0.15, 0.2) is 5.38 Å². The zero-order chi connectivity index (χ0) is 14.6. The molecule has 1 aromatic rings. The Morgan fingerprint density at radius 1 is 1.45 bits per heavy atom. The van der Waals surface area contributed by atoms with Crippen molar-refractivity contribution < 1.29 is 4.79 Å². The second kappa shape index (κ2) is 6.68. The van der Waals surface area contributed by atoms with E-state index in [4.69, 9.17) is 5.73 Å². The van der Waals surface area contributed by atoms with Crippen LogP contribution in [0.2, 0.25) is 0 Å². The third kappa shape index (κ3) is 3.38. The van der Waals surface area contributed by atoms with E-state index in [1.807, 2.05) is 19.2 Å². The minimum atomic E-state index is -0.364. The van der Waals surface area contributed by atoms with E-state index in [0.29, 0.717) is 6.54 Å². The van der Waals surface area contributed by atoms with Crippen LogP contribution in [0.25, 0.3) is 0 Å². The molecule has 4 nitrogen and oxygen atoms in total. The molecule has 0 aromatic carbocycles. The van der Waals surface area contributed by atoms with Crippen LogP contribution in [0.4, 0.5) is 0 Å². The van der Waals surface area contributed by atoms with Crippen molar-refractivity contribution in [2.75, 3.05) is 6.54 Å². The second-order valence-corrected chi connectivity index (χ2v) is 6.81. The smallest absolute Gasteiger partial charge is 0.228 e. The standard InChI is InChI=1S/C15H25N3OS/c1-11-9-20-13(17-11)12(2)18-14(19)15(10-16)7-5-3-4-6-8-15/h9,12H,3-8,10,16H2,1-2H3,(H,18,19). The molecule has 3 N–H and O–H groups in total.